The first-order valence-corrected chi connectivity index (χ1v) is 23.7. The number of carboxylic acids is 1. The highest BCUT2D eigenvalue weighted by atomic mass is 31.2. The van der Waals surface area contributed by atoms with E-state index in [2.05, 4.69) is 30.5 Å². The van der Waals surface area contributed by atoms with E-state index in [-0.39, 0.29) is 19.4 Å². The summed E-state index contributed by atoms with van der Waals surface area (Å²) in [6, 6.07) is -1.52. The highest BCUT2D eigenvalue weighted by Crippen LogP contribution is 2.43. The number of ether oxygens (including phenoxy) is 2. The Kier molecular flexibility index (Phi) is 37.8. The van der Waals surface area contributed by atoms with Crippen LogP contribution in [0, 0.1) is 0 Å². The number of nitrogens with two attached hydrogens (primary N) is 1. The van der Waals surface area contributed by atoms with Crippen molar-refractivity contribution in [3.8, 4) is 0 Å². The molecule has 0 amide bonds. The van der Waals surface area contributed by atoms with E-state index in [1.807, 2.05) is 0 Å². The van der Waals surface area contributed by atoms with Crippen LogP contribution in [0.2, 0.25) is 0 Å². The van der Waals surface area contributed by atoms with Gasteiger partial charge in [0.1, 0.15) is 12.6 Å². The van der Waals surface area contributed by atoms with Crippen molar-refractivity contribution < 1.29 is 47.5 Å². The zero-order valence-electron chi connectivity index (χ0n) is 35.0. The van der Waals surface area contributed by atoms with Crippen LogP contribution in [0.25, 0.3) is 0 Å². The van der Waals surface area contributed by atoms with Crippen LogP contribution < -0.4 is 5.73 Å². The molecule has 0 radical (unpaired) electrons. The van der Waals surface area contributed by atoms with Gasteiger partial charge in [-0.3, -0.25) is 23.4 Å². The predicted molar refractivity (Wildman–Crippen MR) is 222 cm³/mol. The minimum atomic E-state index is -4.71. The minimum absolute atomic E-state index is 0.154. The van der Waals surface area contributed by atoms with E-state index in [0.717, 1.165) is 64.2 Å². The molecule has 0 aliphatic rings. The van der Waals surface area contributed by atoms with E-state index in [1.54, 1.807) is 0 Å². The molecule has 0 bridgehead atoms. The summed E-state index contributed by atoms with van der Waals surface area (Å²) in [4.78, 5) is 45.8. The Morgan fingerprint density at radius 3 is 1.40 bits per heavy atom. The number of hydrogen-bond acceptors (Lipinski definition) is 9. The van der Waals surface area contributed by atoms with Crippen LogP contribution >= 0.6 is 7.82 Å². The van der Waals surface area contributed by atoms with E-state index >= 15 is 0 Å². The monoisotopic (exact) mass is 804 g/mol. The lowest BCUT2D eigenvalue weighted by Gasteiger charge is -2.20. The molecule has 0 heterocycles. The first-order valence-electron chi connectivity index (χ1n) is 22.2. The van der Waals surface area contributed by atoms with Crippen LogP contribution in [0.4, 0.5) is 0 Å². The molecule has 0 spiro atoms. The number of allylic oxidation sites excluding steroid dienone is 2. The molecule has 3 unspecified atom stereocenters. The van der Waals surface area contributed by atoms with Gasteiger partial charge in [-0.05, 0) is 32.1 Å². The molecule has 3 atom stereocenters. The first kappa shape index (κ1) is 53.2. The maximum Gasteiger partial charge on any atom is 0.472 e. The van der Waals surface area contributed by atoms with Crippen molar-refractivity contribution >= 4 is 25.7 Å². The third-order valence-electron chi connectivity index (χ3n) is 9.74. The lowest BCUT2D eigenvalue weighted by molar-refractivity contribution is -0.161. The highest BCUT2D eigenvalue weighted by Gasteiger charge is 2.28. The standard InChI is InChI=1S/C43H82NO10P/c1-3-5-7-9-11-13-15-16-17-18-19-20-21-22-23-24-25-27-28-30-32-34-41(45)51-36-39(37-52-55(49,50)53-38-40(44)43(47)48)54-42(46)35-33-31-29-26-14-12-10-8-6-4-2/h8,10,39-40H,3-7,9,11-38,44H2,1-2H3,(H,47,48)(H,49,50)/b10-8-. The molecule has 0 aliphatic heterocycles. The molecule has 324 valence electrons. The first-order chi connectivity index (χ1) is 26.6. The quantitative estimate of drug-likeness (QED) is 0.0232. The Bertz CT molecular complexity index is 995. The normalized spacial score (nSPS) is 13.8. The second-order valence-electron chi connectivity index (χ2n) is 15.2. The topological polar surface area (TPSA) is 172 Å². The van der Waals surface area contributed by atoms with Crippen LogP contribution in [0.15, 0.2) is 12.2 Å². The van der Waals surface area contributed by atoms with Gasteiger partial charge >= 0.3 is 25.7 Å². The number of esters is 2. The van der Waals surface area contributed by atoms with Crippen molar-refractivity contribution in [1.29, 1.82) is 0 Å². The van der Waals surface area contributed by atoms with Crippen LogP contribution in [-0.2, 0) is 37.5 Å². The smallest absolute Gasteiger partial charge is 0.472 e. The Morgan fingerprint density at radius 2 is 0.945 bits per heavy atom. The number of phosphoric acid groups is 1. The fourth-order valence-corrected chi connectivity index (χ4v) is 7.02. The number of unbranched alkanes of at least 4 members (excludes halogenated alkanes) is 26. The van der Waals surface area contributed by atoms with Gasteiger partial charge in [0.2, 0.25) is 0 Å². The summed E-state index contributed by atoms with van der Waals surface area (Å²) in [5.41, 5.74) is 5.32. The molecule has 0 aromatic rings. The number of hydrogen-bond donors (Lipinski definition) is 3. The van der Waals surface area contributed by atoms with Gasteiger partial charge in [0.25, 0.3) is 0 Å². The third kappa shape index (κ3) is 38.9. The molecule has 0 aliphatic carbocycles. The molecular weight excluding hydrogens is 721 g/mol. The maximum absolute atomic E-state index is 12.5. The summed E-state index contributed by atoms with van der Waals surface area (Å²) in [5, 5.41) is 8.87. The number of carbonyl (C=O) groups is 3. The summed E-state index contributed by atoms with van der Waals surface area (Å²) in [7, 11) is -4.71. The molecule has 12 heteroatoms. The van der Waals surface area contributed by atoms with Gasteiger partial charge in [-0.15, -0.1) is 0 Å². The Labute approximate surface area is 335 Å². The fourth-order valence-electron chi connectivity index (χ4n) is 6.24. The average molecular weight is 804 g/mol. The van der Waals surface area contributed by atoms with Crippen molar-refractivity contribution in [1.82, 2.24) is 0 Å². The molecule has 11 nitrogen and oxygen atoms in total. The molecule has 0 saturated heterocycles. The van der Waals surface area contributed by atoms with E-state index in [4.69, 9.17) is 24.8 Å². The zero-order valence-corrected chi connectivity index (χ0v) is 35.9. The lowest BCUT2D eigenvalue weighted by atomic mass is 10.0. The lowest BCUT2D eigenvalue weighted by Crippen LogP contribution is -2.34. The molecule has 4 N–H and O–H groups in total. The van der Waals surface area contributed by atoms with Gasteiger partial charge in [-0.1, -0.05) is 180 Å². The molecule has 0 rings (SSSR count). The van der Waals surface area contributed by atoms with Crippen LogP contribution in [0.5, 0.6) is 0 Å². The van der Waals surface area contributed by atoms with Crippen molar-refractivity contribution in [2.75, 3.05) is 19.8 Å². The van der Waals surface area contributed by atoms with Gasteiger partial charge < -0.3 is 25.2 Å². The van der Waals surface area contributed by atoms with Gasteiger partial charge in [0.05, 0.1) is 13.2 Å². The van der Waals surface area contributed by atoms with E-state index in [9.17, 15) is 23.8 Å². The SMILES string of the molecule is CCC/C=C\CCCCCCCC(=O)OC(COC(=O)CCCCCCCCCCCCCCCCCCCCCCC)COP(=O)(O)OCC(N)C(=O)O. The minimum Gasteiger partial charge on any atom is -0.480 e. The van der Waals surface area contributed by atoms with E-state index in [1.165, 1.54) is 109 Å². The summed E-state index contributed by atoms with van der Waals surface area (Å²) in [6.45, 7) is 2.75. The average Bonchev–Trinajstić information content (AvgIpc) is 3.16. The van der Waals surface area contributed by atoms with Gasteiger partial charge in [0.15, 0.2) is 6.10 Å². The van der Waals surface area contributed by atoms with Gasteiger partial charge in [-0.2, -0.15) is 0 Å². The molecular formula is C43H82NO10P. The van der Waals surface area contributed by atoms with Crippen LogP contribution in [0.3, 0.4) is 0 Å². The van der Waals surface area contributed by atoms with E-state index in [0.29, 0.717) is 12.8 Å². The fraction of sp³-hybridized carbons (Fsp3) is 0.884. The zero-order chi connectivity index (χ0) is 40.7. The number of phosphoric ester groups is 1. The van der Waals surface area contributed by atoms with Crippen LogP contribution in [-0.4, -0.2) is 59.9 Å². The second kappa shape index (κ2) is 39.1. The van der Waals surface area contributed by atoms with Crippen molar-refractivity contribution in [2.24, 2.45) is 5.73 Å². The number of carbonyl (C=O) groups excluding carboxylic acids is 2. The molecule has 55 heavy (non-hydrogen) atoms. The summed E-state index contributed by atoms with van der Waals surface area (Å²) in [6.07, 6.45) is 38.7. The predicted octanol–water partition coefficient (Wildman–Crippen LogP) is 11.7. The number of rotatable bonds is 42. The van der Waals surface area contributed by atoms with Crippen molar-refractivity contribution in [2.45, 2.75) is 225 Å². The summed E-state index contributed by atoms with van der Waals surface area (Å²) in [5.74, 6) is -2.38. The number of aliphatic carboxylic acids is 1. The Hall–Kier alpha value is -1.78. The summed E-state index contributed by atoms with van der Waals surface area (Å²) < 4.78 is 32.6. The van der Waals surface area contributed by atoms with Crippen molar-refractivity contribution in [3.63, 3.8) is 0 Å². The summed E-state index contributed by atoms with van der Waals surface area (Å²) >= 11 is 0. The molecule has 0 aromatic heterocycles. The highest BCUT2D eigenvalue weighted by molar-refractivity contribution is 7.47. The molecule has 0 fully saturated rings. The van der Waals surface area contributed by atoms with Crippen molar-refractivity contribution in [3.05, 3.63) is 12.2 Å². The molecule has 0 saturated carbocycles. The Balaban J connectivity index is 4.18. The third-order valence-corrected chi connectivity index (χ3v) is 10.7. The number of carboxylic acid groups (broad SMARTS) is 1. The second-order valence-corrected chi connectivity index (χ2v) is 16.6. The largest absolute Gasteiger partial charge is 0.480 e. The van der Waals surface area contributed by atoms with Gasteiger partial charge in [0, 0.05) is 12.8 Å². The molecule has 0 aromatic carbocycles. The maximum atomic E-state index is 12.5. The van der Waals surface area contributed by atoms with Crippen LogP contribution in [0.1, 0.15) is 213 Å². The van der Waals surface area contributed by atoms with E-state index < -0.39 is 51.1 Å². The Morgan fingerprint density at radius 1 is 0.545 bits per heavy atom. The van der Waals surface area contributed by atoms with Gasteiger partial charge in [-0.25, -0.2) is 4.57 Å².